The van der Waals surface area contributed by atoms with Crippen molar-refractivity contribution in [2.45, 2.75) is 26.4 Å². The highest BCUT2D eigenvalue weighted by Crippen LogP contribution is 2.12. The lowest BCUT2D eigenvalue weighted by atomic mass is 10.2. The number of hydrogen-bond acceptors (Lipinski definition) is 3. The zero-order chi connectivity index (χ0) is 8.97. The summed E-state index contributed by atoms with van der Waals surface area (Å²) >= 11 is 1.75. The van der Waals surface area contributed by atoms with Gasteiger partial charge in [0.25, 0.3) is 0 Å². The number of aryl methyl sites for hydroxylation is 1. The molecular weight excluding hydrogens is 168 g/mol. The Labute approximate surface area is 77.8 Å². The third-order valence-electron chi connectivity index (χ3n) is 1.74. The largest absolute Gasteiger partial charge is 0.327 e. The average molecular weight is 184 g/mol. The molecule has 0 saturated heterocycles. The van der Waals surface area contributed by atoms with E-state index in [-0.39, 0.29) is 6.04 Å². The van der Waals surface area contributed by atoms with Gasteiger partial charge in [0, 0.05) is 19.1 Å². The molecule has 1 aromatic heterocycles. The summed E-state index contributed by atoms with van der Waals surface area (Å²) in [4.78, 5) is 0. The van der Waals surface area contributed by atoms with Gasteiger partial charge in [0.2, 0.25) is 0 Å². The Morgan fingerprint density at radius 1 is 1.58 bits per heavy atom. The topological polar surface area (TPSA) is 38.0 Å². The molecule has 1 unspecified atom stereocenters. The molecule has 68 valence electrons. The monoisotopic (exact) mass is 184 g/mol. The van der Waals surface area contributed by atoms with Gasteiger partial charge in [-0.05, 0) is 35.7 Å². The van der Waals surface area contributed by atoms with Gasteiger partial charge in [-0.2, -0.15) is 11.3 Å². The fraction of sp³-hybridized carbons (Fsp3) is 0.556. The van der Waals surface area contributed by atoms with Crippen molar-refractivity contribution in [2.75, 3.05) is 6.54 Å². The van der Waals surface area contributed by atoms with Gasteiger partial charge in [-0.3, -0.25) is 0 Å². The molecule has 0 aliphatic rings. The summed E-state index contributed by atoms with van der Waals surface area (Å²) in [5.41, 5.74) is 8.37. The van der Waals surface area contributed by atoms with Gasteiger partial charge < -0.3 is 11.1 Å². The second-order valence-corrected chi connectivity index (χ2v) is 3.93. The number of nitrogens with one attached hydrogen (secondary N) is 1. The lowest BCUT2D eigenvalue weighted by molar-refractivity contribution is 0.608. The van der Waals surface area contributed by atoms with Crippen molar-refractivity contribution >= 4 is 11.3 Å². The minimum Gasteiger partial charge on any atom is -0.327 e. The van der Waals surface area contributed by atoms with Crippen molar-refractivity contribution in [1.29, 1.82) is 0 Å². The molecule has 0 saturated carbocycles. The first-order valence-electron chi connectivity index (χ1n) is 4.18. The van der Waals surface area contributed by atoms with Crippen molar-refractivity contribution in [3.63, 3.8) is 0 Å². The second-order valence-electron chi connectivity index (χ2n) is 3.19. The van der Waals surface area contributed by atoms with Crippen LogP contribution in [-0.4, -0.2) is 12.6 Å². The molecule has 1 rings (SSSR count). The van der Waals surface area contributed by atoms with Crippen LogP contribution in [0.3, 0.4) is 0 Å². The molecule has 3 heteroatoms. The number of thiophene rings is 1. The van der Waals surface area contributed by atoms with Crippen molar-refractivity contribution in [3.05, 3.63) is 21.9 Å². The fourth-order valence-corrected chi connectivity index (χ4v) is 1.86. The van der Waals surface area contributed by atoms with Crippen LogP contribution in [0.1, 0.15) is 18.1 Å². The number of rotatable bonds is 4. The zero-order valence-corrected chi connectivity index (χ0v) is 8.45. The lowest BCUT2D eigenvalue weighted by Crippen LogP contribution is -2.30. The van der Waals surface area contributed by atoms with Crippen LogP contribution in [0.2, 0.25) is 0 Å². The maximum atomic E-state index is 5.61. The van der Waals surface area contributed by atoms with E-state index in [1.807, 2.05) is 6.92 Å². The van der Waals surface area contributed by atoms with Crippen molar-refractivity contribution in [1.82, 2.24) is 5.32 Å². The zero-order valence-electron chi connectivity index (χ0n) is 7.63. The molecule has 0 aliphatic heterocycles. The minimum absolute atomic E-state index is 0.240. The standard InChI is InChI=1S/C9H16N2S/c1-7-5-12-6-9(7)4-11-3-8(2)10/h5-6,8,11H,3-4,10H2,1-2H3. The molecule has 1 heterocycles. The maximum Gasteiger partial charge on any atom is 0.0217 e. The smallest absolute Gasteiger partial charge is 0.0217 e. The van der Waals surface area contributed by atoms with Gasteiger partial charge >= 0.3 is 0 Å². The molecule has 0 amide bonds. The van der Waals surface area contributed by atoms with Crippen LogP contribution in [0.25, 0.3) is 0 Å². The Morgan fingerprint density at radius 2 is 2.33 bits per heavy atom. The van der Waals surface area contributed by atoms with Crippen LogP contribution < -0.4 is 11.1 Å². The molecule has 2 nitrogen and oxygen atoms in total. The molecule has 0 aliphatic carbocycles. The van der Waals surface area contributed by atoms with Gasteiger partial charge in [-0.25, -0.2) is 0 Å². The van der Waals surface area contributed by atoms with Gasteiger partial charge in [0.05, 0.1) is 0 Å². The van der Waals surface area contributed by atoms with E-state index in [0.29, 0.717) is 0 Å². The van der Waals surface area contributed by atoms with E-state index in [0.717, 1.165) is 13.1 Å². The predicted molar refractivity (Wildman–Crippen MR) is 54.4 cm³/mol. The molecule has 0 aromatic carbocycles. The molecule has 0 bridgehead atoms. The van der Waals surface area contributed by atoms with E-state index in [1.165, 1.54) is 11.1 Å². The highest BCUT2D eigenvalue weighted by atomic mass is 32.1. The Hall–Kier alpha value is -0.380. The first-order chi connectivity index (χ1) is 5.70. The normalized spacial score (nSPS) is 13.2. The van der Waals surface area contributed by atoms with Gasteiger partial charge in [-0.15, -0.1) is 0 Å². The molecule has 12 heavy (non-hydrogen) atoms. The van der Waals surface area contributed by atoms with Crippen molar-refractivity contribution in [3.8, 4) is 0 Å². The van der Waals surface area contributed by atoms with E-state index >= 15 is 0 Å². The van der Waals surface area contributed by atoms with Crippen LogP contribution in [0.5, 0.6) is 0 Å². The molecule has 3 N–H and O–H groups in total. The molecule has 1 atom stereocenters. The summed E-state index contributed by atoms with van der Waals surface area (Å²) in [5.74, 6) is 0. The third-order valence-corrected chi connectivity index (χ3v) is 2.65. The molecular formula is C9H16N2S. The molecule has 1 aromatic rings. The first-order valence-corrected chi connectivity index (χ1v) is 5.12. The van der Waals surface area contributed by atoms with E-state index in [2.05, 4.69) is 23.0 Å². The summed E-state index contributed by atoms with van der Waals surface area (Å²) < 4.78 is 0. The predicted octanol–water partition coefficient (Wildman–Crippen LogP) is 1.49. The lowest BCUT2D eigenvalue weighted by Gasteiger charge is -2.06. The van der Waals surface area contributed by atoms with Crippen LogP contribution in [0, 0.1) is 6.92 Å². The Kier molecular flexibility index (Phi) is 3.72. The van der Waals surface area contributed by atoms with Crippen LogP contribution in [-0.2, 0) is 6.54 Å². The quantitative estimate of drug-likeness (QED) is 0.744. The number of nitrogens with two attached hydrogens (primary N) is 1. The van der Waals surface area contributed by atoms with Crippen LogP contribution in [0.4, 0.5) is 0 Å². The summed E-state index contributed by atoms with van der Waals surface area (Å²) in [7, 11) is 0. The Morgan fingerprint density at radius 3 is 2.83 bits per heavy atom. The van der Waals surface area contributed by atoms with Gasteiger partial charge in [0.1, 0.15) is 0 Å². The van der Waals surface area contributed by atoms with Gasteiger partial charge in [-0.1, -0.05) is 0 Å². The molecule has 0 fully saturated rings. The van der Waals surface area contributed by atoms with E-state index in [9.17, 15) is 0 Å². The van der Waals surface area contributed by atoms with E-state index in [1.54, 1.807) is 11.3 Å². The summed E-state index contributed by atoms with van der Waals surface area (Å²) in [6, 6.07) is 0.240. The van der Waals surface area contributed by atoms with E-state index < -0.39 is 0 Å². The molecule has 0 spiro atoms. The van der Waals surface area contributed by atoms with Crippen LogP contribution >= 0.6 is 11.3 Å². The van der Waals surface area contributed by atoms with Crippen molar-refractivity contribution < 1.29 is 0 Å². The average Bonchev–Trinajstić information content (AvgIpc) is 2.36. The Balaban J connectivity index is 2.29. The molecule has 0 radical (unpaired) electrons. The van der Waals surface area contributed by atoms with Crippen molar-refractivity contribution in [2.24, 2.45) is 5.73 Å². The second kappa shape index (κ2) is 4.60. The maximum absolute atomic E-state index is 5.61. The van der Waals surface area contributed by atoms with E-state index in [4.69, 9.17) is 5.73 Å². The summed E-state index contributed by atoms with van der Waals surface area (Å²) in [5, 5.41) is 7.66. The summed E-state index contributed by atoms with van der Waals surface area (Å²) in [6.07, 6.45) is 0. The highest BCUT2D eigenvalue weighted by molar-refractivity contribution is 7.08. The number of hydrogen-bond donors (Lipinski definition) is 2. The SMILES string of the molecule is Cc1cscc1CNCC(C)N. The fourth-order valence-electron chi connectivity index (χ4n) is 1.00. The van der Waals surface area contributed by atoms with Crippen LogP contribution in [0.15, 0.2) is 10.8 Å². The van der Waals surface area contributed by atoms with Gasteiger partial charge in [0.15, 0.2) is 0 Å². The third kappa shape index (κ3) is 2.93. The summed E-state index contributed by atoms with van der Waals surface area (Å²) in [6.45, 7) is 5.97. The highest BCUT2D eigenvalue weighted by Gasteiger charge is 1.98. The minimum atomic E-state index is 0.240. The first kappa shape index (κ1) is 9.71. The Bertz CT molecular complexity index is 230.